The second kappa shape index (κ2) is 16.8. The van der Waals surface area contributed by atoms with Gasteiger partial charge in [-0.05, 0) is 30.4 Å². The summed E-state index contributed by atoms with van der Waals surface area (Å²) < 4.78 is 1.79. The molecule has 40 heavy (non-hydrogen) atoms. The van der Waals surface area contributed by atoms with Crippen LogP contribution in [-0.2, 0) is 43.5 Å². The Labute approximate surface area is 267 Å². The van der Waals surface area contributed by atoms with Gasteiger partial charge in [-0.2, -0.15) is 35.4 Å². The molecular formula is C37H34Cl2Zr-2. The van der Waals surface area contributed by atoms with Crippen molar-refractivity contribution in [3.63, 3.8) is 0 Å². The molecule has 1 saturated carbocycles. The number of halogens is 2. The molecule has 3 aliphatic rings. The van der Waals surface area contributed by atoms with Crippen molar-refractivity contribution in [1.82, 2.24) is 0 Å². The summed E-state index contributed by atoms with van der Waals surface area (Å²) in [7, 11) is 0. The molecule has 4 aromatic rings. The number of hydrogen-bond acceptors (Lipinski definition) is 0. The third-order valence-corrected chi connectivity index (χ3v) is 8.44. The van der Waals surface area contributed by atoms with E-state index in [0.29, 0.717) is 0 Å². The van der Waals surface area contributed by atoms with Crippen LogP contribution in [0, 0.1) is 12.1 Å². The van der Waals surface area contributed by atoms with Gasteiger partial charge in [-0.25, -0.2) is 12.2 Å². The number of rotatable bonds is 4. The minimum absolute atomic E-state index is 0. The van der Waals surface area contributed by atoms with E-state index in [2.05, 4.69) is 109 Å². The molecule has 0 atom stereocenters. The van der Waals surface area contributed by atoms with Crippen LogP contribution in [0.1, 0.15) is 65.5 Å². The van der Waals surface area contributed by atoms with Gasteiger partial charge in [-0.3, -0.25) is 6.08 Å². The fraction of sp³-hybridized carbons (Fsp3) is 0.216. The van der Waals surface area contributed by atoms with Crippen molar-refractivity contribution in [2.45, 2.75) is 51.4 Å². The first kappa shape index (κ1) is 32.2. The van der Waals surface area contributed by atoms with Crippen molar-refractivity contribution in [2.75, 3.05) is 0 Å². The van der Waals surface area contributed by atoms with E-state index >= 15 is 0 Å². The fourth-order valence-corrected chi connectivity index (χ4v) is 6.06. The van der Waals surface area contributed by atoms with Gasteiger partial charge in [0.25, 0.3) is 0 Å². The Morgan fingerprint density at radius 1 is 0.675 bits per heavy atom. The summed E-state index contributed by atoms with van der Waals surface area (Å²) in [6.45, 7) is 0. The number of allylic oxidation sites excluding steroid dienone is 4. The van der Waals surface area contributed by atoms with Gasteiger partial charge >= 0.3 is 53.1 Å². The minimum atomic E-state index is 0. The van der Waals surface area contributed by atoms with E-state index in [1.807, 2.05) is 12.2 Å². The second-order valence-corrected chi connectivity index (χ2v) is 11.9. The third kappa shape index (κ3) is 9.38. The first-order valence-corrected chi connectivity index (χ1v) is 15.0. The van der Waals surface area contributed by atoms with E-state index in [4.69, 9.17) is 0 Å². The van der Waals surface area contributed by atoms with Crippen LogP contribution < -0.4 is 24.8 Å². The first-order chi connectivity index (χ1) is 18.7. The Morgan fingerprint density at radius 3 is 1.82 bits per heavy atom. The van der Waals surface area contributed by atoms with Gasteiger partial charge in [0.05, 0.1) is 0 Å². The molecule has 0 heterocycles. The van der Waals surface area contributed by atoms with Crippen LogP contribution in [0.3, 0.4) is 0 Å². The van der Waals surface area contributed by atoms with Crippen molar-refractivity contribution in [3.8, 4) is 11.1 Å². The molecule has 3 heteroatoms. The SMILES string of the molecule is [C-]1=CC=CC1.[Cl-].[Cl-].[Zr+2]=[C]1CCCC1.[c-]1cc(Cc2ccccc2)cc2c1Cc1ccc(Cc3ccccc3)cc1-2. The summed E-state index contributed by atoms with van der Waals surface area (Å²) in [5.74, 6) is 0. The molecule has 0 bridgehead atoms. The Hall–Kier alpha value is -2.31. The summed E-state index contributed by atoms with van der Waals surface area (Å²) in [5, 5.41) is 0. The molecule has 1 fully saturated rings. The molecule has 0 spiro atoms. The van der Waals surface area contributed by atoms with Crippen molar-refractivity contribution in [1.29, 1.82) is 0 Å². The van der Waals surface area contributed by atoms with Gasteiger partial charge in [-0.15, -0.1) is 12.0 Å². The van der Waals surface area contributed by atoms with Gasteiger partial charge < -0.3 is 24.8 Å². The average molecular weight is 641 g/mol. The van der Waals surface area contributed by atoms with Crippen LogP contribution in [-0.4, -0.2) is 3.21 Å². The molecule has 0 amide bonds. The van der Waals surface area contributed by atoms with Gasteiger partial charge in [0.15, 0.2) is 0 Å². The largest absolute Gasteiger partial charge is 0.179 e. The molecular weight excluding hydrogens is 607 g/mol. The van der Waals surface area contributed by atoms with E-state index in [1.165, 1.54) is 70.2 Å². The molecule has 3 aliphatic carbocycles. The van der Waals surface area contributed by atoms with Gasteiger partial charge in [0, 0.05) is 0 Å². The van der Waals surface area contributed by atoms with Crippen LogP contribution >= 0.6 is 0 Å². The van der Waals surface area contributed by atoms with Gasteiger partial charge in [0.1, 0.15) is 0 Å². The molecule has 202 valence electrons. The summed E-state index contributed by atoms with van der Waals surface area (Å²) in [5.41, 5.74) is 10.9. The van der Waals surface area contributed by atoms with Crippen LogP contribution in [0.25, 0.3) is 11.1 Å². The summed E-state index contributed by atoms with van der Waals surface area (Å²) in [6, 6.07) is 36.4. The smallest absolute Gasteiger partial charge is 0.00259 e. The van der Waals surface area contributed by atoms with E-state index in [1.54, 1.807) is 27.4 Å². The Balaban J connectivity index is 0.000000284. The van der Waals surface area contributed by atoms with Gasteiger partial charge in [0.2, 0.25) is 0 Å². The maximum Gasteiger partial charge on any atom is -0.00259 e. The molecule has 0 N–H and O–H groups in total. The quantitative estimate of drug-likeness (QED) is 0.265. The van der Waals surface area contributed by atoms with E-state index < -0.39 is 0 Å². The zero-order valence-corrected chi connectivity index (χ0v) is 26.8. The molecule has 7 rings (SSSR count). The molecule has 0 saturated heterocycles. The Morgan fingerprint density at radius 2 is 1.30 bits per heavy atom. The summed E-state index contributed by atoms with van der Waals surface area (Å²) in [4.78, 5) is 0. The Bertz CT molecular complexity index is 1310. The van der Waals surface area contributed by atoms with Crippen LogP contribution in [0.2, 0.25) is 0 Å². The summed E-state index contributed by atoms with van der Waals surface area (Å²) >= 11 is 1.68. The monoisotopic (exact) mass is 638 g/mol. The zero-order chi connectivity index (χ0) is 26.0. The van der Waals surface area contributed by atoms with Crippen LogP contribution in [0.5, 0.6) is 0 Å². The molecule has 0 aromatic heterocycles. The maximum atomic E-state index is 3.55. The van der Waals surface area contributed by atoms with Crippen molar-refractivity contribution in [3.05, 3.63) is 155 Å². The average Bonchev–Trinajstić information content (AvgIpc) is 3.74. The van der Waals surface area contributed by atoms with Crippen molar-refractivity contribution in [2.24, 2.45) is 0 Å². The zero-order valence-electron chi connectivity index (χ0n) is 22.8. The minimum Gasteiger partial charge on any atom is -0.179 e. The molecule has 0 radical (unpaired) electrons. The molecule has 0 unspecified atom stereocenters. The molecule has 0 aliphatic heterocycles. The van der Waals surface area contributed by atoms with Crippen molar-refractivity contribution < 1.29 is 49.0 Å². The fourth-order valence-electron chi connectivity index (χ4n) is 5.19. The maximum absolute atomic E-state index is 3.55. The predicted octanol–water partition coefficient (Wildman–Crippen LogP) is 2.83. The topological polar surface area (TPSA) is 0 Å². The van der Waals surface area contributed by atoms with E-state index in [-0.39, 0.29) is 24.8 Å². The summed E-state index contributed by atoms with van der Waals surface area (Å²) in [6.07, 6.45) is 18.8. The van der Waals surface area contributed by atoms with Crippen LogP contribution in [0.15, 0.2) is 109 Å². The van der Waals surface area contributed by atoms with Gasteiger partial charge in [-0.1, -0.05) is 95.6 Å². The van der Waals surface area contributed by atoms with E-state index in [0.717, 1.165) is 25.7 Å². The predicted molar refractivity (Wildman–Crippen MR) is 157 cm³/mol. The number of hydrogen-bond donors (Lipinski definition) is 0. The van der Waals surface area contributed by atoms with Crippen LogP contribution in [0.4, 0.5) is 0 Å². The van der Waals surface area contributed by atoms with E-state index in [9.17, 15) is 0 Å². The normalized spacial score (nSPS) is 13.6. The first-order valence-electron chi connectivity index (χ1n) is 13.8. The standard InChI is InChI=1S/C27H21.C5H8.C5H5.2ClH.Zr/c1-3-7-20(8-4-1)15-22-11-13-24-19-25-14-12-23(18-27(25)26(24)17-22)16-21-9-5-2-6-10-21;2*1-2-4-5-3-1;;;/h1-13,17-18H,15-16,19H2;1-4H2;1-3H,4H2;2*1H;/q-1;;-1;;;+2/p-2. The number of fused-ring (bicyclic) bond motifs is 3. The number of benzene rings is 4. The molecule has 0 nitrogen and oxygen atoms in total. The third-order valence-electron chi connectivity index (χ3n) is 7.21. The second-order valence-electron chi connectivity index (χ2n) is 10.2. The molecule has 4 aromatic carbocycles. The van der Waals surface area contributed by atoms with Crippen molar-refractivity contribution >= 4 is 3.21 Å². The Kier molecular flexibility index (Phi) is 13.6.